The fourth-order valence-electron chi connectivity index (χ4n) is 1.74. The van der Waals surface area contributed by atoms with Crippen LogP contribution in [0.15, 0.2) is 24.3 Å². The van der Waals surface area contributed by atoms with E-state index in [2.05, 4.69) is 27.9 Å². The normalized spacial score (nSPS) is 20.4. The summed E-state index contributed by atoms with van der Waals surface area (Å²) in [5.41, 5.74) is 0.888. The molecule has 86 valence electrons. The highest BCUT2D eigenvalue weighted by Crippen LogP contribution is 2.20. The molecule has 1 aromatic carbocycles. The van der Waals surface area contributed by atoms with Crippen molar-refractivity contribution in [2.75, 3.05) is 18.5 Å². The first kappa shape index (κ1) is 11.9. The summed E-state index contributed by atoms with van der Waals surface area (Å²) >= 11 is 2.22. The van der Waals surface area contributed by atoms with Gasteiger partial charge in [-0.3, -0.25) is 4.79 Å². The van der Waals surface area contributed by atoms with Gasteiger partial charge in [0.25, 0.3) is 0 Å². The third kappa shape index (κ3) is 2.95. The molecule has 1 aliphatic rings. The van der Waals surface area contributed by atoms with Gasteiger partial charge in [-0.05, 0) is 47.6 Å². The van der Waals surface area contributed by atoms with Crippen LogP contribution in [0.1, 0.15) is 12.8 Å². The number of hydrogen-bond acceptors (Lipinski definition) is 2. The van der Waals surface area contributed by atoms with Gasteiger partial charge in [0.05, 0.1) is 18.2 Å². The molecule has 0 saturated carbocycles. The first-order valence-electron chi connectivity index (χ1n) is 5.40. The van der Waals surface area contributed by atoms with Crippen LogP contribution >= 0.6 is 22.6 Å². The van der Waals surface area contributed by atoms with Gasteiger partial charge in [-0.25, -0.2) is 0 Å². The summed E-state index contributed by atoms with van der Waals surface area (Å²) in [4.78, 5) is 11.9. The smallest absolute Gasteiger partial charge is 0.229 e. The van der Waals surface area contributed by atoms with Crippen LogP contribution < -0.4 is 5.32 Å². The lowest BCUT2D eigenvalue weighted by molar-refractivity contribution is -0.123. The van der Waals surface area contributed by atoms with Crippen molar-refractivity contribution in [2.24, 2.45) is 5.92 Å². The second kappa shape index (κ2) is 5.63. The number of carbonyl (C=O) groups excluding carboxylic acids is 1. The SMILES string of the molecule is O=C(Nc1ccccc1I)C1CCCOC1. The van der Waals surface area contributed by atoms with Crippen molar-refractivity contribution in [2.45, 2.75) is 12.8 Å². The summed E-state index contributed by atoms with van der Waals surface area (Å²) in [5, 5.41) is 2.95. The number of rotatable bonds is 2. The predicted molar refractivity (Wildman–Crippen MR) is 71.3 cm³/mol. The number of hydrogen-bond donors (Lipinski definition) is 1. The fourth-order valence-corrected chi connectivity index (χ4v) is 2.27. The number of anilines is 1. The zero-order chi connectivity index (χ0) is 11.4. The van der Waals surface area contributed by atoms with E-state index in [0.29, 0.717) is 6.61 Å². The molecule has 1 aromatic rings. The Morgan fingerprint density at radius 1 is 1.44 bits per heavy atom. The van der Waals surface area contributed by atoms with Crippen molar-refractivity contribution in [1.82, 2.24) is 0 Å². The summed E-state index contributed by atoms with van der Waals surface area (Å²) in [6, 6.07) is 7.78. The van der Waals surface area contributed by atoms with Gasteiger partial charge in [0.15, 0.2) is 0 Å². The minimum Gasteiger partial charge on any atom is -0.381 e. The maximum absolute atomic E-state index is 11.9. The van der Waals surface area contributed by atoms with E-state index in [9.17, 15) is 4.79 Å². The number of halogens is 1. The second-order valence-corrected chi connectivity index (χ2v) is 5.05. The first-order chi connectivity index (χ1) is 7.77. The number of benzene rings is 1. The number of ether oxygens (including phenoxy) is 1. The number of carbonyl (C=O) groups is 1. The van der Waals surface area contributed by atoms with Crippen LogP contribution in [-0.4, -0.2) is 19.1 Å². The van der Waals surface area contributed by atoms with Gasteiger partial charge in [-0.15, -0.1) is 0 Å². The van der Waals surface area contributed by atoms with E-state index in [-0.39, 0.29) is 11.8 Å². The van der Waals surface area contributed by atoms with Gasteiger partial charge in [0.2, 0.25) is 5.91 Å². The molecule has 1 unspecified atom stereocenters. The quantitative estimate of drug-likeness (QED) is 0.846. The van der Waals surface area contributed by atoms with Crippen LogP contribution in [0.25, 0.3) is 0 Å². The molecular formula is C12H14INO2. The minimum absolute atomic E-state index is 0.00440. The summed E-state index contributed by atoms with van der Waals surface area (Å²) in [6.07, 6.45) is 1.90. The van der Waals surface area contributed by atoms with E-state index in [1.807, 2.05) is 24.3 Å². The molecule has 1 amide bonds. The third-order valence-electron chi connectivity index (χ3n) is 2.66. The lowest BCUT2D eigenvalue weighted by Crippen LogP contribution is -2.30. The molecule has 0 aromatic heterocycles. The molecule has 0 bridgehead atoms. The highest BCUT2D eigenvalue weighted by atomic mass is 127. The highest BCUT2D eigenvalue weighted by molar-refractivity contribution is 14.1. The van der Waals surface area contributed by atoms with Gasteiger partial charge >= 0.3 is 0 Å². The van der Waals surface area contributed by atoms with E-state index < -0.39 is 0 Å². The topological polar surface area (TPSA) is 38.3 Å². The molecule has 4 heteroatoms. The van der Waals surface area contributed by atoms with Gasteiger partial charge in [-0.2, -0.15) is 0 Å². The van der Waals surface area contributed by atoms with Crippen LogP contribution in [-0.2, 0) is 9.53 Å². The Hall–Kier alpha value is -0.620. The molecule has 1 fully saturated rings. The van der Waals surface area contributed by atoms with Crippen LogP contribution in [0.5, 0.6) is 0 Å². The minimum atomic E-state index is 0.00440. The predicted octanol–water partition coefficient (Wildman–Crippen LogP) is 2.66. The van der Waals surface area contributed by atoms with Gasteiger partial charge < -0.3 is 10.1 Å². The van der Waals surface area contributed by atoms with Gasteiger partial charge in [0, 0.05) is 10.2 Å². The summed E-state index contributed by atoms with van der Waals surface area (Å²) in [6.45, 7) is 1.34. The largest absolute Gasteiger partial charge is 0.381 e. The van der Waals surface area contributed by atoms with Crippen LogP contribution in [0, 0.1) is 9.49 Å². The lowest BCUT2D eigenvalue weighted by atomic mass is 10.0. The van der Waals surface area contributed by atoms with Crippen molar-refractivity contribution >= 4 is 34.2 Å². The lowest BCUT2D eigenvalue weighted by Gasteiger charge is -2.21. The maximum Gasteiger partial charge on any atom is 0.229 e. The molecule has 0 spiro atoms. The van der Waals surface area contributed by atoms with Crippen molar-refractivity contribution in [1.29, 1.82) is 0 Å². The summed E-state index contributed by atoms with van der Waals surface area (Å²) in [7, 11) is 0. The molecule has 1 aliphatic heterocycles. The van der Waals surface area contributed by atoms with Crippen LogP contribution in [0.2, 0.25) is 0 Å². The molecular weight excluding hydrogens is 317 g/mol. The Morgan fingerprint density at radius 2 is 2.25 bits per heavy atom. The maximum atomic E-state index is 11.9. The van der Waals surface area contributed by atoms with E-state index in [0.717, 1.165) is 28.7 Å². The van der Waals surface area contributed by atoms with E-state index in [1.54, 1.807) is 0 Å². The molecule has 2 rings (SSSR count). The van der Waals surface area contributed by atoms with Gasteiger partial charge in [-0.1, -0.05) is 12.1 Å². The molecule has 1 heterocycles. The van der Waals surface area contributed by atoms with E-state index >= 15 is 0 Å². The zero-order valence-corrected chi connectivity index (χ0v) is 11.1. The zero-order valence-electron chi connectivity index (χ0n) is 8.91. The molecule has 1 saturated heterocycles. The average molecular weight is 331 g/mol. The summed E-state index contributed by atoms with van der Waals surface area (Å²) in [5.74, 6) is 0.0774. The van der Waals surface area contributed by atoms with Crippen LogP contribution in [0.3, 0.4) is 0 Å². The molecule has 0 aliphatic carbocycles. The molecule has 1 atom stereocenters. The van der Waals surface area contributed by atoms with Crippen LogP contribution in [0.4, 0.5) is 5.69 Å². The average Bonchev–Trinajstić information content (AvgIpc) is 2.33. The fraction of sp³-hybridized carbons (Fsp3) is 0.417. The molecule has 1 N–H and O–H groups in total. The Labute approximate surface area is 109 Å². The molecule has 16 heavy (non-hydrogen) atoms. The van der Waals surface area contributed by atoms with Gasteiger partial charge in [0.1, 0.15) is 0 Å². The first-order valence-corrected chi connectivity index (χ1v) is 6.48. The monoisotopic (exact) mass is 331 g/mol. The molecule has 3 nitrogen and oxygen atoms in total. The highest BCUT2D eigenvalue weighted by Gasteiger charge is 2.21. The number of amides is 1. The van der Waals surface area contributed by atoms with Crippen molar-refractivity contribution in [3.05, 3.63) is 27.8 Å². The third-order valence-corrected chi connectivity index (χ3v) is 3.60. The number of para-hydroxylation sites is 1. The van der Waals surface area contributed by atoms with Crippen molar-refractivity contribution < 1.29 is 9.53 Å². The Morgan fingerprint density at radius 3 is 2.94 bits per heavy atom. The Kier molecular flexibility index (Phi) is 4.17. The van der Waals surface area contributed by atoms with Crippen molar-refractivity contribution in [3.8, 4) is 0 Å². The van der Waals surface area contributed by atoms with E-state index in [4.69, 9.17) is 4.74 Å². The number of nitrogens with one attached hydrogen (secondary N) is 1. The molecule has 0 radical (unpaired) electrons. The summed E-state index contributed by atoms with van der Waals surface area (Å²) < 4.78 is 6.37. The Bertz CT molecular complexity index is 375. The van der Waals surface area contributed by atoms with E-state index in [1.165, 1.54) is 0 Å². The Balaban J connectivity index is 1.99. The second-order valence-electron chi connectivity index (χ2n) is 3.88. The standard InChI is InChI=1S/C12H14INO2/c13-10-5-1-2-6-11(10)14-12(15)9-4-3-7-16-8-9/h1-2,5-6,9H,3-4,7-8H2,(H,14,15). The van der Waals surface area contributed by atoms with Crippen molar-refractivity contribution in [3.63, 3.8) is 0 Å².